The highest BCUT2D eigenvalue weighted by molar-refractivity contribution is 9.10. The van der Waals surface area contributed by atoms with Gasteiger partial charge in [0.15, 0.2) is 5.78 Å². The van der Waals surface area contributed by atoms with E-state index in [0.717, 1.165) is 18.6 Å². The molecule has 0 aliphatic carbocycles. The molecule has 0 bridgehead atoms. The molecule has 1 aromatic carbocycles. The normalized spacial score (nSPS) is 20.8. The van der Waals surface area contributed by atoms with E-state index in [2.05, 4.69) is 15.9 Å². The number of rotatable bonds is 2. The molecule has 86 valence electrons. The van der Waals surface area contributed by atoms with Gasteiger partial charge >= 0.3 is 0 Å². The molecule has 0 aromatic heterocycles. The lowest BCUT2D eigenvalue weighted by atomic mass is 10.0. The SMILES string of the molecule is O=C(c1ccc(Br)c(F)c1)C1CCCCS1. The van der Waals surface area contributed by atoms with Crippen LogP contribution in [0.2, 0.25) is 0 Å². The van der Waals surface area contributed by atoms with Crippen LogP contribution in [-0.2, 0) is 0 Å². The monoisotopic (exact) mass is 302 g/mol. The highest BCUT2D eigenvalue weighted by atomic mass is 79.9. The van der Waals surface area contributed by atoms with Gasteiger partial charge in [0.05, 0.1) is 9.72 Å². The van der Waals surface area contributed by atoms with Gasteiger partial charge in [-0.2, -0.15) is 11.8 Å². The molecule has 0 radical (unpaired) electrons. The van der Waals surface area contributed by atoms with Crippen LogP contribution in [-0.4, -0.2) is 16.8 Å². The molecule has 1 atom stereocenters. The number of carbonyl (C=O) groups excluding carboxylic acids is 1. The molecule has 2 rings (SSSR count). The largest absolute Gasteiger partial charge is 0.293 e. The Balaban J connectivity index is 2.16. The Kier molecular flexibility index (Phi) is 4.03. The van der Waals surface area contributed by atoms with Gasteiger partial charge < -0.3 is 0 Å². The van der Waals surface area contributed by atoms with E-state index in [4.69, 9.17) is 0 Å². The summed E-state index contributed by atoms with van der Waals surface area (Å²) >= 11 is 4.78. The molecular weight excluding hydrogens is 291 g/mol. The van der Waals surface area contributed by atoms with E-state index >= 15 is 0 Å². The molecule has 0 amide bonds. The van der Waals surface area contributed by atoms with Crippen LogP contribution >= 0.6 is 27.7 Å². The summed E-state index contributed by atoms with van der Waals surface area (Å²) in [5.74, 6) is 0.734. The molecule has 4 heteroatoms. The van der Waals surface area contributed by atoms with Gasteiger partial charge in [-0.25, -0.2) is 4.39 Å². The maximum absolute atomic E-state index is 13.3. The van der Waals surface area contributed by atoms with E-state index in [9.17, 15) is 9.18 Å². The minimum Gasteiger partial charge on any atom is -0.293 e. The third-order valence-electron chi connectivity index (χ3n) is 2.68. The number of thioether (sulfide) groups is 1. The molecule has 0 spiro atoms. The summed E-state index contributed by atoms with van der Waals surface area (Å²) in [6, 6.07) is 4.60. The summed E-state index contributed by atoms with van der Waals surface area (Å²) in [6.07, 6.45) is 3.20. The van der Waals surface area contributed by atoms with Crippen molar-refractivity contribution in [3.05, 3.63) is 34.1 Å². The summed E-state index contributed by atoms with van der Waals surface area (Å²) < 4.78 is 13.7. The van der Waals surface area contributed by atoms with Gasteiger partial charge in [0.1, 0.15) is 5.82 Å². The zero-order valence-electron chi connectivity index (χ0n) is 8.71. The lowest BCUT2D eigenvalue weighted by Gasteiger charge is -2.19. The fourth-order valence-corrected chi connectivity index (χ4v) is 3.31. The molecule has 1 saturated heterocycles. The molecule has 1 unspecified atom stereocenters. The fourth-order valence-electron chi connectivity index (χ4n) is 1.78. The van der Waals surface area contributed by atoms with Gasteiger partial charge in [-0.15, -0.1) is 0 Å². The zero-order valence-corrected chi connectivity index (χ0v) is 11.1. The predicted octanol–water partition coefficient (Wildman–Crippen LogP) is 4.06. The Morgan fingerprint density at radius 3 is 2.88 bits per heavy atom. The molecule has 0 saturated carbocycles. The van der Waals surface area contributed by atoms with E-state index in [-0.39, 0.29) is 16.9 Å². The second-order valence-electron chi connectivity index (χ2n) is 3.85. The number of benzene rings is 1. The predicted molar refractivity (Wildman–Crippen MR) is 68.5 cm³/mol. The second kappa shape index (κ2) is 5.32. The van der Waals surface area contributed by atoms with Gasteiger partial charge in [0.25, 0.3) is 0 Å². The molecule has 16 heavy (non-hydrogen) atoms. The van der Waals surface area contributed by atoms with Crippen molar-refractivity contribution < 1.29 is 9.18 Å². The minimum atomic E-state index is -0.369. The van der Waals surface area contributed by atoms with Crippen molar-refractivity contribution in [2.75, 3.05) is 5.75 Å². The van der Waals surface area contributed by atoms with Crippen LogP contribution < -0.4 is 0 Å². The van der Waals surface area contributed by atoms with Crippen LogP contribution in [0.3, 0.4) is 0 Å². The van der Waals surface area contributed by atoms with Crippen LogP contribution in [0.25, 0.3) is 0 Å². The van der Waals surface area contributed by atoms with Crippen LogP contribution in [0.15, 0.2) is 22.7 Å². The van der Waals surface area contributed by atoms with Crippen LogP contribution in [0.5, 0.6) is 0 Å². The standard InChI is InChI=1S/C12H12BrFOS/c13-9-5-4-8(7-10(9)14)12(15)11-3-1-2-6-16-11/h4-5,7,11H,1-3,6H2. The van der Waals surface area contributed by atoms with Crippen molar-refractivity contribution in [3.63, 3.8) is 0 Å². The Morgan fingerprint density at radius 2 is 2.25 bits per heavy atom. The van der Waals surface area contributed by atoms with E-state index in [1.807, 2.05) is 0 Å². The van der Waals surface area contributed by atoms with E-state index in [1.54, 1.807) is 23.9 Å². The van der Waals surface area contributed by atoms with Crippen molar-refractivity contribution in [3.8, 4) is 0 Å². The smallest absolute Gasteiger partial charge is 0.175 e. The summed E-state index contributed by atoms with van der Waals surface area (Å²) in [4.78, 5) is 12.1. The lowest BCUT2D eigenvalue weighted by Crippen LogP contribution is -2.21. The average Bonchev–Trinajstić information content (AvgIpc) is 2.33. The lowest BCUT2D eigenvalue weighted by molar-refractivity contribution is 0.0984. The van der Waals surface area contributed by atoms with Gasteiger partial charge in [-0.05, 0) is 46.7 Å². The first-order valence-electron chi connectivity index (χ1n) is 5.29. The average molecular weight is 303 g/mol. The van der Waals surface area contributed by atoms with Crippen molar-refractivity contribution in [1.29, 1.82) is 0 Å². The number of hydrogen-bond acceptors (Lipinski definition) is 2. The maximum atomic E-state index is 13.3. The van der Waals surface area contributed by atoms with E-state index in [0.29, 0.717) is 10.0 Å². The van der Waals surface area contributed by atoms with Gasteiger partial charge in [-0.1, -0.05) is 12.5 Å². The molecule has 1 aliphatic heterocycles. The zero-order chi connectivity index (χ0) is 11.5. The Bertz CT molecular complexity index is 402. The number of Topliss-reactive ketones (excluding diaryl/α,β-unsaturated/α-hetero) is 1. The fraction of sp³-hybridized carbons (Fsp3) is 0.417. The van der Waals surface area contributed by atoms with Gasteiger partial charge in [0.2, 0.25) is 0 Å². The van der Waals surface area contributed by atoms with Crippen molar-refractivity contribution in [1.82, 2.24) is 0 Å². The van der Waals surface area contributed by atoms with Crippen molar-refractivity contribution in [2.24, 2.45) is 0 Å². The van der Waals surface area contributed by atoms with Crippen LogP contribution in [0, 0.1) is 5.82 Å². The van der Waals surface area contributed by atoms with E-state index in [1.165, 1.54) is 12.5 Å². The summed E-state index contributed by atoms with van der Waals surface area (Å²) in [5, 5.41) is 0.0225. The highest BCUT2D eigenvalue weighted by Gasteiger charge is 2.23. The van der Waals surface area contributed by atoms with Crippen molar-refractivity contribution in [2.45, 2.75) is 24.5 Å². The van der Waals surface area contributed by atoms with E-state index < -0.39 is 0 Å². The quantitative estimate of drug-likeness (QED) is 0.767. The third-order valence-corrected chi connectivity index (χ3v) is 4.70. The topological polar surface area (TPSA) is 17.1 Å². The molecule has 0 N–H and O–H groups in total. The van der Waals surface area contributed by atoms with Gasteiger partial charge in [0, 0.05) is 5.56 Å². The summed E-state index contributed by atoms with van der Waals surface area (Å²) in [6.45, 7) is 0. The molecule has 1 heterocycles. The summed E-state index contributed by atoms with van der Waals surface area (Å²) in [7, 11) is 0. The Hall–Kier alpha value is -0.350. The molecule has 1 nitrogen and oxygen atoms in total. The van der Waals surface area contributed by atoms with Crippen molar-refractivity contribution >= 4 is 33.5 Å². The number of ketones is 1. The minimum absolute atomic E-state index is 0.0225. The summed E-state index contributed by atoms with van der Waals surface area (Å²) in [5.41, 5.74) is 0.486. The number of hydrogen-bond donors (Lipinski definition) is 0. The third kappa shape index (κ3) is 2.66. The first-order valence-corrected chi connectivity index (χ1v) is 7.13. The molecule has 1 aliphatic rings. The highest BCUT2D eigenvalue weighted by Crippen LogP contribution is 2.28. The Morgan fingerprint density at radius 1 is 1.44 bits per heavy atom. The number of carbonyl (C=O) groups is 1. The maximum Gasteiger partial charge on any atom is 0.175 e. The molecule has 1 aromatic rings. The van der Waals surface area contributed by atoms with Crippen LogP contribution in [0.1, 0.15) is 29.6 Å². The Labute approximate surface area is 107 Å². The first-order chi connectivity index (χ1) is 7.68. The molecular formula is C12H12BrFOS. The van der Waals surface area contributed by atoms with Crippen LogP contribution in [0.4, 0.5) is 4.39 Å². The first kappa shape index (κ1) is 12.1. The molecule has 1 fully saturated rings. The van der Waals surface area contributed by atoms with Gasteiger partial charge in [-0.3, -0.25) is 4.79 Å². The number of halogens is 2. The second-order valence-corrected chi connectivity index (χ2v) is 6.01.